The normalized spacial score (nSPS) is 11.8. The molecule has 5 heteroatoms. The summed E-state index contributed by atoms with van der Waals surface area (Å²) in [6, 6.07) is 43.4. The molecule has 0 heterocycles. The molecule has 8 rings (SSSR count). The number of halogens is 4. The Morgan fingerprint density at radius 1 is 0.559 bits per heavy atom. The van der Waals surface area contributed by atoms with Gasteiger partial charge in [-0.3, -0.25) is 0 Å². The number of rotatable bonds is 5. The van der Waals surface area contributed by atoms with Crippen LogP contribution in [0.5, 0.6) is 0 Å². The van der Waals surface area contributed by atoms with Crippen molar-refractivity contribution in [3.63, 3.8) is 0 Å². The quantitative estimate of drug-likeness (QED) is 0.151. The molecule has 0 atom stereocenters. The average molecular weight is 1060 g/mol. The second-order valence-electron chi connectivity index (χ2n) is 21.7. The van der Waals surface area contributed by atoms with E-state index in [-0.39, 0.29) is 35.6 Å². The Kier molecular flexibility index (Phi) is 19.1. The largest absolute Gasteiger partial charge is 1.00 e. The Balaban J connectivity index is 0.000000284. The van der Waals surface area contributed by atoms with Crippen molar-refractivity contribution in [2.75, 3.05) is 0 Å². The monoisotopic (exact) mass is 1060 g/mol. The summed E-state index contributed by atoms with van der Waals surface area (Å²) in [7, 11) is 0. The number of hydrogen-bond donors (Lipinski definition) is 0. The molecule has 1 aliphatic rings. The van der Waals surface area contributed by atoms with Crippen LogP contribution in [0.15, 0.2) is 109 Å². The number of hydrogen-bond acceptors (Lipinski definition) is 0. The van der Waals surface area contributed by atoms with Crippen molar-refractivity contribution in [1.29, 1.82) is 0 Å². The zero-order valence-corrected chi connectivity index (χ0v) is 48.8. The van der Waals surface area contributed by atoms with Gasteiger partial charge in [-0.25, -0.2) is 6.07 Å². The average Bonchev–Trinajstić information content (AvgIpc) is 3.85. The van der Waals surface area contributed by atoms with E-state index in [2.05, 4.69) is 178 Å². The van der Waals surface area contributed by atoms with E-state index in [9.17, 15) is 0 Å². The maximum absolute atomic E-state index is 5.86. The van der Waals surface area contributed by atoms with Crippen LogP contribution in [0, 0.1) is 47.6 Å². The molecule has 0 amide bonds. The SMILES string of the molecule is CCc1cc(C(C)(C)C)c[cH-]1.Cc1cc(C)c(-c2[c-]c3c(cc2C(C)(C)C)-c2cc(C(C)(C)C)c(-c4c(C)cc(C)cc4C)cc2C3)c(C)c1.Clc1ccc([C](=[Zr+2])c2ccc(Cl)cc2)cc1.[Cl-].[Cl-]. The first-order valence-corrected chi connectivity index (χ1v) is 25.6. The molecule has 0 saturated carbocycles. The molecule has 7 aromatic rings. The van der Waals surface area contributed by atoms with Gasteiger partial charge in [-0.1, -0.05) is 156 Å². The van der Waals surface area contributed by atoms with E-state index in [0.717, 1.165) is 22.9 Å². The van der Waals surface area contributed by atoms with Crippen LogP contribution < -0.4 is 24.8 Å². The Labute approximate surface area is 448 Å². The standard InChI is InChI=1S/C39H45.C13H8Cl2.C11H17.2ClH.Zr/c1-22-13-24(3)36(25(4)14-22)32-18-28-17-29-19-33(37-26(5)15-23(2)16-27(37)6)35(39(10,11)12)21-31(29)30(28)20-34(32)38(7,8)9;14-12-5-1-10(2-6-12)9-11-3-7-13(15)8-4-11;1-5-9-6-7-10(8-9)11(2,3)4;;;/h13-16,18,20-21H,17H2,1-12H3;1-8H;6-8H,5H2,1-4H3;2*1H;/q-1;;-1;;;+2/p-2. The number of fused-ring (bicyclic) bond motifs is 3. The molecule has 356 valence electrons. The summed E-state index contributed by atoms with van der Waals surface area (Å²) in [5, 5.41) is 1.53. The van der Waals surface area contributed by atoms with Crippen LogP contribution in [0.4, 0.5) is 0 Å². The van der Waals surface area contributed by atoms with E-state index in [0.29, 0.717) is 5.41 Å². The van der Waals surface area contributed by atoms with Crippen LogP contribution in [0.2, 0.25) is 10.0 Å². The van der Waals surface area contributed by atoms with E-state index >= 15 is 0 Å². The molecule has 1 aliphatic carbocycles. The van der Waals surface area contributed by atoms with Crippen molar-refractivity contribution >= 4 is 26.4 Å². The number of aryl methyl sites for hydroxylation is 7. The fraction of sp³-hybridized carbons (Fsp3) is 0.333. The van der Waals surface area contributed by atoms with Gasteiger partial charge in [0.05, 0.1) is 0 Å². The van der Waals surface area contributed by atoms with Crippen LogP contribution in [-0.2, 0) is 53.3 Å². The molecule has 0 fully saturated rings. The second kappa shape index (κ2) is 22.8. The van der Waals surface area contributed by atoms with Gasteiger partial charge in [0.25, 0.3) is 0 Å². The van der Waals surface area contributed by atoms with Crippen molar-refractivity contribution < 1.29 is 49.0 Å². The molecule has 0 radical (unpaired) electrons. The minimum absolute atomic E-state index is 0. The molecule has 0 unspecified atom stereocenters. The second-order valence-corrected chi connectivity index (χ2v) is 23.8. The van der Waals surface area contributed by atoms with E-state index < -0.39 is 0 Å². The van der Waals surface area contributed by atoms with Crippen LogP contribution in [0.1, 0.15) is 147 Å². The van der Waals surface area contributed by atoms with Gasteiger partial charge in [0.1, 0.15) is 0 Å². The third-order valence-electron chi connectivity index (χ3n) is 12.9. The molecule has 0 spiro atoms. The first-order valence-electron chi connectivity index (χ1n) is 23.6. The molecule has 0 saturated heterocycles. The molecule has 0 bridgehead atoms. The van der Waals surface area contributed by atoms with Gasteiger partial charge in [0, 0.05) is 0 Å². The minimum atomic E-state index is 0. The first kappa shape index (κ1) is 57.2. The maximum Gasteiger partial charge on any atom is -1.00 e. The molecule has 0 aliphatic heterocycles. The van der Waals surface area contributed by atoms with Crippen molar-refractivity contribution in [2.24, 2.45) is 0 Å². The summed E-state index contributed by atoms with van der Waals surface area (Å²) in [5.41, 5.74) is 27.5. The molecule has 68 heavy (non-hydrogen) atoms. The van der Waals surface area contributed by atoms with Gasteiger partial charge in [-0.15, -0.1) is 28.8 Å². The van der Waals surface area contributed by atoms with Crippen LogP contribution >= 0.6 is 23.2 Å². The molecule has 0 nitrogen and oxygen atoms in total. The summed E-state index contributed by atoms with van der Waals surface area (Å²) in [4.78, 5) is 0. The third kappa shape index (κ3) is 13.3. The van der Waals surface area contributed by atoms with E-state index in [4.69, 9.17) is 23.2 Å². The summed E-state index contributed by atoms with van der Waals surface area (Å²) >= 11 is 13.1. The maximum atomic E-state index is 5.86. The van der Waals surface area contributed by atoms with Crippen molar-refractivity contribution in [1.82, 2.24) is 0 Å². The molecule has 7 aromatic carbocycles. The van der Waals surface area contributed by atoms with Crippen LogP contribution in [0.3, 0.4) is 0 Å². The smallest absolute Gasteiger partial charge is 1.00 e. The van der Waals surface area contributed by atoms with Crippen molar-refractivity contribution in [3.8, 4) is 33.4 Å². The van der Waals surface area contributed by atoms with Crippen LogP contribution in [-0.4, -0.2) is 3.21 Å². The fourth-order valence-electron chi connectivity index (χ4n) is 9.58. The summed E-state index contributed by atoms with van der Waals surface area (Å²) in [5.74, 6) is 0. The van der Waals surface area contributed by atoms with Gasteiger partial charge in [-0.05, 0) is 92.2 Å². The molecular formula is C63H70Cl4Zr-2. The molecule has 0 aromatic heterocycles. The van der Waals surface area contributed by atoms with Crippen molar-refractivity contribution in [3.05, 3.63) is 203 Å². The number of benzene rings is 6. The van der Waals surface area contributed by atoms with Crippen LogP contribution in [0.25, 0.3) is 33.4 Å². The minimum Gasteiger partial charge on any atom is -1.00 e. The van der Waals surface area contributed by atoms with E-state index in [1.54, 1.807) is 0 Å². The Morgan fingerprint density at radius 3 is 1.40 bits per heavy atom. The Bertz CT molecular complexity index is 2670. The van der Waals surface area contributed by atoms with Gasteiger partial charge in [-0.2, -0.15) is 23.3 Å². The van der Waals surface area contributed by atoms with E-state index in [1.165, 1.54) is 139 Å². The van der Waals surface area contributed by atoms with Gasteiger partial charge in [0.15, 0.2) is 0 Å². The first-order chi connectivity index (χ1) is 30.8. The van der Waals surface area contributed by atoms with Gasteiger partial charge in [0.2, 0.25) is 0 Å². The topological polar surface area (TPSA) is 0 Å². The molecular weight excluding hydrogens is 990 g/mol. The zero-order chi connectivity index (χ0) is 48.6. The zero-order valence-electron chi connectivity index (χ0n) is 43.3. The summed E-state index contributed by atoms with van der Waals surface area (Å²) < 4.78 is 1.31. The summed E-state index contributed by atoms with van der Waals surface area (Å²) in [6.07, 6.45) is 2.09. The van der Waals surface area contributed by atoms with Gasteiger partial charge >= 0.3 is 120 Å². The third-order valence-corrected chi connectivity index (χ3v) is 14.8. The van der Waals surface area contributed by atoms with Gasteiger partial charge < -0.3 is 24.8 Å². The fourth-order valence-corrected chi connectivity index (χ4v) is 10.6. The predicted molar refractivity (Wildman–Crippen MR) is 286 cm³/mol. The van der Waals surface area contributed by atoms with E-state index in [1.807, 2.05) is 48.5 Å². The molecule has 0 N–H and O–H groups in total. The Morgan fingerprint density at radius 2 is 1.00 bits per heavy atom. The summed E-state index contributed by atoms with van der Waals surface area (Å²) in [6.45, 7) is 36.5. The Hall–Kier alpha value is -3.42. The predicted octanol–water partition coefficient (Wildman–Crippen LogP) is 12.2. The van der Waals surface area contributed by atoms with Crippen molar-refractivity contribution in [2.45, 2.75) is 140 Å².